The summed E-state index contributed by atoms with van der Waals surface area (Å²) < 4.78 is 5.36. The summed E-state index contributed by atoms with van der Waals surface area (Å²) in [5, 5.41) is 18.4. The molecule has 0 heterocycles. The van der Waals surface area contributed by atoms with Crippen LogP contribution in [0, 0.1) is 0 Å². The van der Waals surface area contributed by atoms with Gasteiger partial charge in [0.05, 0.1) is 6.10 Å². The minimum atomic E-state index is -0.412. The van der Waals surface area contributed by atoms with Gasteiger partial charge in [0.25, 0.3) is 0 Å². The number of aliphatic hydroxyl groups is 1. The van der Waals surface area contributed by atoms with E-state index in [1.807, 2.05) is 0 Å². The van der Waals surface area contributed by atoms with Gasteiger partial charge in [-0.25, -0.2) is 4.79 Å². The molecule has 0 radical (unpaired) electrons. The number of phenolic OH excluding ortho intramolecular Hbond substituents is 1. The van der Waals surface area contributed by atoms with E-state index in [-0.39, 0.29) is 30.9 Å². The largest absolute Gasteiger partial charge is 0.507 e. The van der Waals surface area contributed by atoms with E-state index in [2.05, 4.69) is 0 Å². The fraction of sp³-hybridized carbons (Fsp3) is 0.650. The molecule has 0 atom stereocenters. The standard InChI is InChI=1S/C13H16O3.C6H12O.CH4/c14-12-9-5-4-8-11(12)13(15)16-10-6-2-1-3-7-10;7-6-4-2-1-3-5-6;/h4-5,8-10,14H,1-3,6-7H2;6-7H,1-5H2;1H4. The summed E-state index contributed by atoms with van der Waals surface area (Å²) in [6.07, 6.45) is 11.3. The molecule has 0 amide bonds. The molecule has 1 aromatic carbocycles. The maximum absolute atomic E-state index is 11.8. The number of carbonyl (C=O) groups is 1. The molecule has 0 spiro atoms. The Hall–Kier alpha value is -1.55. The Kier molecular flexibility index (Phi) is 9.46. The van der Waals surface area contributed by atoms with Crippen molar-refractivity contribution in [2.45, 2.75) is 83.8 Å². The van der Waals surface area contributed by atoms with Gasteiger partial charge in [0.2, 0.25) is 0 Å². The van der Waals surface area contributed by atoms with Gasteiger partial charge in [0, 0.05) is 0 Å². The molecule has 2 saturated carbocycles. The lowest BCUT2D eigenvalue weighted by atomic mass is 9.98. The van der Waals surface area contributed by atoms with Crippen molar-refractivity contribution in [3.63, 3.8) is 0 Å². The van der Waals surface area contributed by atoms with Gasteiger partial charge in [0.15, 0.2) is 0 Å². The Labute approximate surface area is 145 Å². The van der Waals surface area contributed by atoms with Crippen molar-refractivity contribution in [1.82, 2.24) is 0 Å². The number of hydrogen-bond acceptors (Lipinski definition) is 4. The summed E-state index contributed by atoms with van der Waals surface area (Å²) in [5.74, 6) is -0.423. The monoisotopic (exact) mass is 336 g/mol. The number of carbonyl (C=O) groups excluding carboxylic acids is 1. The smallest absolute Gasteiger partial charge is 0.342 e. The Morgan fingerprint density at radius 1 is 0.917 bits per heavy atom. The quantitative estimate of drug-likeness (QED) is 0.759. The van der Waals surface area contributed by atoms with Crippen molar-refractivity contribution < 1.29 is 19.7 Å². The summed E-state index contributed by atoms with van der Waals surface area (Å²) in [4.78, 5) is 11.8. The van der Waals surface area contributed by atoms with Crippen LogP contribution >= 0.6 is 0 Å². The highest BCUT2D eigenvalue weighted by Gasteiger charge is 2.20. The second-order valence-electron chi connectivity index (χ2n) is 6.47. The van der Waals surface area contributed by atoms with Crippen LogP contribution in [0.5, 0.6) is 5.75 Å². The van der Waals surface area contributed by atoms with E-state index in [0.717, 1.165) is 38.5 Å². The number of rotatable bonds is 2. The van der Waals surface area contributed by atoms with Crippen LogP contribution in [-0.2, 0) is 4.74 Å². The molecule has 0 bridgehead atoms. The Morgan fingerprint density at radius 2 is 1.46 bits per heavy atom. The molecule has 4 nitrogen and oxygen atoms in total. The summed E-state index contributed by atoms with van der Waals surface area (Å²) in [7, 11) is 0. The predicted octanol–water partition coefficient (Wildman–Crippen LogP) is 4.83. The topological polar surface area (TPSA) is 66.8 Å². The van der Waals surface area contributed by atoms with Crippen molar-refractivity contribution in [1.29, 1.82) is 0 Å². The van der Waals surface area contributed by atoms with E-state index in [1.54, 1.807) is 18.2 Å². The zero-order valence-electron chi connectivity index (χ0n) is 13.7. The normalized spacial score (nSPS) is 18.7. The fourth-order valence-electron chi connectivity index (χ4n) is 3.13. The van der Waals surface area contributed by atoms with Crippen molar-refractivity contribution in [3.05, 3.63) is 29.8 Å². The molecule has 0 aromatic heterocycles. The lowest BCUT2D eigenvalue weighted by Crippen LogP contribution is -2.20. The fourth-order valence-corrected chi connectivity index (χ4v) is 3.13. The van der Waals surface area contributed by atoms with Gasteiger partial charge in [-0.1, -0.05) is 45.2 Å². The van der Waals surface area contributed by atoms with Crippen LogP contribution in [0.25, 0.3) is 0 Å². The summed E-state index contributed by atoms with van der Waals surface area (Å²) in [6.45, 7) is 0. The maximum atomic E-state index is 11.8. The highest BCUT2D eigenvalue weighted by atomic mass is 16.5. The van der Waals surface area contributed by atoms with Gasteiger partial charge in [-0.05, 0) is 50.7 Å². The van der Waals surface area contributed by atoms with Crippen LogP contribution in [0.1, 0.15) is 82.0 Å². The lowest BCUT2D eigenvalue weighted by molar-refractivity contribution is 0.0208. The van der Waals surface area contributed by atoms with Crippen LogP contribution < -0.4 is 0 Å². The van der Waals surface area contributed by atoms with Gasteiger partial charge < -0.3 is 14.9 Å². The molecule has 4 heteroatoms. The van der Waals surface area contributed by atoms with Gasteiger partial charge in [-0.15, -0.1) is 0 Å². The molecule has 2 aliphatic rings. The zero-order valence-corrected chi connectivity index (χ0v) is 13.7. The number of ether oxygens (including phenoxy) is 1. The third-order valence-electron chi connectivity index (χ3n) is 4.52. The highest BCUT2D eigenvalue weighted by molar-refractivity contribution is 5.92. The molecule has 136 valence electrons. The minimum absolute atomic E-state index is 0. The van der Waals surface area contributed by atoms with Crippen molar-refractivity contribution in [2.24, 2.45) is 0 Å². The average molecular weight is 336 g/mol. The van der Waals surface area contributed by atoms with Crippen molar-refractivity contribution in [2.75, 3.05) is 0 Å². The van der Waals surface area contributed by atoms with Crippen LogP contribution in [0.15, 0.2) is 24.3 Å². The van der Waals surface area contributed by atoms with Gasteiger partial charge in [-0.3, -0.25) is 0 Å². The van der Waals surface area contributed by atoms with Gasteiger partial charge in [0.1, 0.15) is 17.4 Å². The number of aromatic hydroxyl groups is 1. The van der Waals surface area contributed by atoms with Crippen LogP contribution in [0.2, 0.25) is 0 Å². The second-order valence-corrected chi connectivity index (χ2v) is 6.47. The molecular formula is C20H32O4. The number of para-hydroxylation sites is 1. The van der Waals surface area contributed by atoms with Crippen molar-refractivity contribution >= 4 is 5.97 Å². The summed E-state index contributed by atoms with van der Waals surface area (Å²) in [5.41, 5.74) is 0.257. The first-order valence-electron chi connectivity index (χ1n) is 8.84. The Bertz CT molecular complexity index is 474. The first kappa shape index (κ1) is 20.5. The molecule has 0 aliphatic heterocycles. The number of phenols is 1. The predicted molar refractivity (Wildman–Crippen MR) is 96.2 cm³/mol. The lowest BCUT2D eigenvalue weighted by Gasteiger charge is -2.21. The molecule has 2 aliphatic carbocycles. The minimum Gasteiger partial charge on any atom is -0.507 e. The Balaban J connectivity index is 0.000000304. The molecule has 2 fully saturated rings. The van der Waals surface area contributed by atoms with Crippen LogP contribution in [-0.4, -0.2) is 28.4 Å². The highest BCUT2D eigenvalue weighted by Crippen LogP contribution is 2.23. The van der Waals surface area contributed by atoms with E-state index in [1.165, 1.54) is 31.7 Å². The molecule has 24 heavy (non-hydrogen) atoms. The molecule has 0 saturated heterocycles. The first-order chi connectivity index (χ1) is 11.2. The van der Waals surface area contributed by atoms with E-state index < -0.39 is 5.97 Å². The number of hydrogen-bond donors (Lipinski definition) is 2. The molecule has 0 unspecified atom stereocenters. The summed E-state index contributed by atoms with van der Waals surface area (Å²) >= 11 is 0. The number of esters is 1. The maximum Gasteiger partial charge on any atom is 0.342 e. The van der Waals surface area contributed by atoms with Crippen LogP contribution in [0.3, 0.4) is 0 Å². The average Bonchev–Trinajstić information content (AvgIpc) is 2.57. The summed E-state index contributed by atoms with van der Waals surface area (Å²) in [6, 6.07) is 6.49. The first-order valence-corrected chi connectivity index (χ1v) is 8.84. The third kappa shape index (κ3) is 6.91. The third-order valence-corrected chi connectivity index (χ3v) is 4.52. The number of benzene rings is 1. The second kappa shape index (κ2) is 11.1. The van der Waals surface area contributed by atoms with Gasteiger partial charge in [-0.2, -0.15) is 0 Å². The zero-order chi connectivity index (χ0) is 16.5. The van der Waals surface area contributed by atoms with E-state index >= 15 is 0 Å². The van der Waals surface area contributed by atoms with Gasteiger partial charge >= 0.3 is 5.97 Å². The van der Waals surface area contributed by atoms with Crippen molar-refractivity contribution in [3.8, 4) is 5.75 Å². The molecule has 1 aromatic rings. The van der Waals surface area contributed by atoms with E-state index in [0.29, 0.717) is 0 Å². The SMILES string of the molecule is C.O=C(OC1CCCCC1)c1ccccc1O.OC1CCCCC1. The molecule has 3 rings (SSSR count). The van der Waals surface area contributed by atoms with E-state index in [4.69, 9.17) is 9.84 Å². The van der Waals surface area contributed by atoms with E-state index in [9.17, 15) is 9.90 Å². The molecular weight excluding hydrogens is 304 g/mol. The molecule has 2 N–H and O–H groups in total. The number of aliphatic hydroxyl groups excluding tert-OH is 1. The van der Waals surface area contributed by atoms with Crippen LogP contribution in [0.4, 0.5) is 0 Å². The Morgan fingerprint density at radius 3 is 1.96 bits per heavy atom.